The summed E-state index contributed by atoms with van der Waals surface area (Å²) in [5.74, 6) is 0. The minimum atomic E-state index is -3.97. The van der Waals surface area contributed by atoms with Crippen LogP contribution in [-0.2, 0) is 10.0 Å². The van der Waals surface area contributed by atoms with Crippen LogP contribution >= 0.6 is 11.8 Å². The molecule has 0 aromatic rings. The lowest BCUT2D eigenvalue weighted by Crippen LogP contribution is -2.41. The van der Waals surface area contributed by atoms with Crippen molar-refractivity contribution in [1.82, 2.24) is 0 Å². The van der Waals surface area contributed by atoms with Crippen molar-refractivity contribution in [3.05, 3.63) is 21.1 Å². The van der Waals surface area contributed by atoms with Crippen molar-refractivity contribution < 1.29 is 13.3 Å². The van der Waals surface area contributed by atoms with E-state index in [1.54, 1.807) is 0 Å². The lowest BCUT2D eigenvalue weighted by Gasteiger charge is -2.12. The normalized spacial score (nSPS) is 27.4. The second kappa shape index (κ2) is 3.85. The predicted molar refractivity (Wildman–Crippen MR) is 52.4 cm³/mol. The van der Waals surface area contributed by atoms with Gasteiger partial charge in [0.05, 0.1) is 0 Å². The molecule has 0 aliphatic carbocycles. The molecule has 2 unspecified atom stereocenters. The molecule has 0 fully saturated rings. The summed E-state index contributed by atoms with van der Waals surface area (Å²) in [7, 11) is -3.97. The summed E-state index contributed by atoms with van der Waals surface area (Å²) in [6.45, 7) is -0.0432. The first kappa shape index (κ1) is 11.4. The van der Waals surface area contributed by atoms with Crippen LogP contribution in [0.15, 0.2) is 11.0 Å². The fraction of sp³-hybridized carbons (Fsp3) is 0.600. The number of thioether (sulfide) groups is 1. The zero-order chi connectivity index (χ0) is 10.9. The van der Waals surface area contributed by atoms with Crippen molar-refractivity contribution in [1.29, 1.82) is 0 Å². The van der Waals surface area contributed by atoms with Gasteiger partial charge in [0, 0.05) is 11.5 Å². The Morgan fingerprint density at radius 1 is 1.64 bits per heavy atom. The molecule has 1 aliphatic heterocycles. The molecule has 14 heavy (non-hydrogen) atoms. The van der Waals surface area contributed by atoms with E-state index in [1.165, 1.54) is 5.41 Å². The van der Waals surface area contributed by atoms with E-state index in [1.807, 2.05) is 0 Å². The fourth-order valence-corrected chi connectivity index (χ4v) is 3.90. The highest BCUT2D eigenvalue weighted by Gasteiger charge is 2.45. The zero-order valence-electron chi connectivity index (χ0n) is 6.99. The lowest BCUT2D eigenvalue weighted by molar-refractivity contribution is -0.492. The maximum absolute atomic E-state index is 11.1. The molecule has 0 aromatic heterocycles. The topological polar surface area (TPSA) is 129 Å². The molecule has 7 nitrogen and oxygen atoms in total. The maximum atomic E-state index is 11.1. The van der Waals surface area contributed by atoms with E-state index in [-0.39, 0.29) is 6.54 Å². The van der Waals surface area contributed by atoms with Crippen LogP contribution in [0.4, 0.5) is 0 Å². The minimum absolute atomic E-state index is 0.0432. The summed E-state index contributed by atoms with van der Waals surface area (Å²) in [4.78, 5) is 9.84. The van der Waals surface area contributed by atoms with Crippen molar-refractivity contribution >= 4 is 21.8 Å². The second-order valence-corrected chi connectivity index (χ2v) is 5.40. The fourth-order valence-electron chi connectivity index (χ4n) is 1.18. The molecule has 0 aromatic carbocycles. The van der Waals surface area contributed by atoms with Crippen LogP contribution in [0.2, 0.25) is 0 Å². The number of sulfonamides is 1. The second-order valence-electron chi connectivity index (χ2n) is 2.72. The average molecular weight is 239 g/mol. The highest BCUT2D eigenvalue weighted by molar-refractivity contribution is 8.04. The summed E-state index contributed by atoms with van der Waals surface area (Å²) >= 11 is 0.818. The van der Waals surface area contributed by atoms with Crippen LogP contribution < -0.4 is 10.9 Å². The number of nitrogens with zero attached hydrogens (tertiary/aromatic N) is 1. The van der Waals surface area contributed by atoms with E-state index in [0.29, 0.717) is 5.57 Å². The van der Waals surface area contributed by atoms with Gasteiger partial charge in [0.15, 0.2) is 5.25 Å². The van der Waals surface area contributed by atoms with Crippen LogP contribution in [0.1, 0.15) is 0 Å². The first-order chi connectivity index (χ1) is 6.38. The van der Waals surface area contributed by atoms with Crippen LogP contribution in [0.3, 0.4) is 0 Å². The highest BCUT2D eigenvalue weighted by atomic mass is 32.2. The highest BCUT2D eigenvalue weighted by Crippen LogP contribution is 2.33. The summed E-state index contributed by atoms with van der Waals surface area (Å²) in [6.07, 6.45) is 0. The van der Waals surface area contributed by atoms with Gasteiger partial charge in [-0.1, -0.05) is 11.8 Å². The van der Waals surface area contributed by atoms with E-state index < -0.39 is 25.6 Å². The Hall–Kier alpha value is -0.640. The Balaban J connectivity index is 3.05. The maximum Gasteiger partial charge on any atom is 0.283 e. The lowest BCUT2D eigenvalue weighted by atomic mass is 10.2. The standard InChI is InChI=1S/C5H9N3O4S2/c6-1-3-2-13-5(8(9)10)4(3)14(7,11)12/h2,4-5H,1,6H2,(H2,7,11,12). The van der Waals surface area contributed by atoms with Crippen molar-refractivity contribution in [3.8, 4) is 0 Å². The van der Waals surface area contributed by atoms with Gasteiger partial charge < -0.3 is 5.73 Å². The van der Waals surface area contributed by atoms with Crippen molar-refractivity contribution in [2.75, 3.05) is 6.54 Å². The third-order valence-corrected chi connectivity index (χ3v) is 4.38. The van der Waals surface area contributed by atoms with Gasteiger partial charge in [0.1, 0.15) is 0 Å². The summed E-state index contributed by atoms with van der Waals surface area (Å²) in [5.41, 5.74) is 5.55. The summed E-state index contributed by atoms with van der Waals surface area (Å²) < 4.78 is 22.2. The van der Waals surface area contributed by atoms with Crippen LogP contribution in [-0.4, -0.2) is 30.5 Å². The number of hydrogen-bond acceptors (Lipinski definition) is 6. The molecular weight excluding hydrogens is 230 g/mol. The van der Waals surface area contributed by atoms with E-state index in [2.05, 4.69) is 0 Å². The van der Waals surface area contributed by atoms with Crippen LogP contribution in [0.25, 0.3) is 0 Å². The Morgan fingerprint density at radius 3 is 2.57 bits per heavy atom. The Bertz CT molecular complexity index is 376. The quantitative estimate of drug-likeness (QED) is 0.471. The zero-order valence-corrected chi connectivity index (χ0v) is 8.62. The summed E-state index contributed by atoms with van der Waals surface area (Å²) in [5, 5.41) is 14.2. The van der Waals surface area contributed by atoms with E-state index in [0.717, 1.165) is 11.8 Å². The van der Waals surface area contributed by atoms with Gasteiger partial charge in [0.25, 0.3) is 5.37 Å². The number of rotatable bonds is 3. The number of nitro groups is 1. The van der Waals surface area contributed by atoms with Gasteiger partial charge in [-0.3, -0.25) is 10.1 Å². The molecule has 1 aliphatic rings. The predicted octanol–water partition coefficient (Wildman–Crippen LogP) is -1.16. The largest absolute Gasteiger partial charge is 0.327 e. The smallest absolute Gasteiger partial charge is 0.283 e. The van der Waals surface area contributed by atoms with Crippen LogP contribution in [0.5, 0.6) is 0 Å². The molecule has 0 saturated heterocycles. The van der Waals surface area contributed by atoms with Gasteiger partial charge >= 0.3 is 0 Å². The first-order valence-electron chi connectivity index (χ1n) is 3.57. The molecule has 0 bridgehead atoms. The molecule has 0 spiro atoms. The van der Waals surface area contributed by atoms with E-state index in [9.17, 15) is 18.5 Å². The monoisotopic (exact) mass is 239 g/mol. The molecule has 0 amide bonds. The Kier molecular flexibility index (Phi) is 3.14. The Labute approximate surface area is 84.7 Å². The number of primary sulfonamides is 1. The summed E-state index contributed by atoms with van der Waals surface area (Å²) in [6, 6.07) is 0. The van der Waals surface area contributed by atoms with Crippen molar-refractivity contribution in [2.45, 2.75) is 10.6 Å². The SMILES string of the molecule is NCC1=CSC([N+](=O)[O-])C1S(N)(=O)=O. The Morgan fingerprint density at radius 2 is 2.21 bits per heavy atom. The molecular formula is C5H9N3O4S2. The van der Waals surface area contributed by atoms with Gasteiger partial charge in [0.2, 0.25) is 10.0 Å². The van der Waals surface area contributed by atoms with Gasteiger partial charge in [-0.2, -0.15) is 0 Å². The van der Waals surface area contributed by atoms with Crippen LogP contribution in [0, 0.1) is 10.1 Å². The van der Waals surface area contributed by atoms with E-state index in [4.69, 9.17) is 10.9 Å². The molecule has 2 atom stereocenters. The third kappa shape index (κ3) is 2.05. The molecule has 0 radical (unpaired) electrons. The number of nitrogens with two attached hydrogens (primary N) is 2. The average Bonchev–Trinajstić information content (AvgIpc) is 2.45. The minimum Gasteiger partial charge on any atom is -0.327 e. The van der Waals surface area contributed by atoms with Gasteiger partial charge in [-0.25, -0.2) is 13.6 Å². The first-order valence-corrected chi connectivity index (χ1v) is 6.12. The molecule has 1 heterocycles. The molecule has 1 rings (SSSR count). The number of hydrogen-bond donors (Lipinski definition) is 2. The third-order valence-electron chi connectivity index (χ3n) is 1.78. The molecule has 4 N–H and O–H groups in total. The molecule has 80 valence electrons. The van der Waals surface area contributed by atoms with Gasteiger partial charge in [-0.05, 0) is 11.0 Å². The van der Waals surface area contributed by atoms with Crippen molar-refractivity contribution in [3.63, 3.8) is 0 Å². The van der Waals surface area contributed by atoms with Crippen molar-refractivity contribution in [2.24, 2.45) is 10.9 Å². The van der Waals surface area contributed by atoms with Gasteiger partial charge in [-0.15, -0.1) is 0 Å². The van der Waals surface area contributed by atoms with E-state index >= 15 is 0 Å². The molecule has 9 heteroatoms. The molecule has 0 saturated carbocycles.